The summed E-state index contributed by atoms with van der Waals surface area (Å²) < 4.78 is 9.79. The third-order valence-electron chi connectivity index (χ3n) is 6.44. The van der Waals surface area contributed by atoms with Crippen molar-refractivity contribution in [1.82, 2.24) is 19.1 Å². The highest BCUT2D eigenvalue weighted by Crippen LogP contribution is 2.36. The van der Waals surface area contributed by atoms with E-state index in [4.69, 9.17) is 4.74 Å². The van der Waals surface area contributed by atoms with Gasteiger partial charge in [-0.05, 0) is 43.4 Å². The first-order chi connectivity index (χ1) is 14.7. The summed E-state index contributed by atoms with van der Waals surface area (Å²) in [4.78, 5) is 21.4. The molecule has 5 rings (SSSR count). The summed E-state index contributed by atoms with van der Waals surface area (Å²) >= 11 is 0. The number of rotatable bonds is 6. The molecule has 3 heterocycles. The molecule has 6 heteroatoms. The number of aryl methyl sites for hydroxylation is 1. The zero-order chi connectivity index (χ0) is 20.5. The van der Waals surface area contributed by atoms with Gasteiger partial charge in [-0.15, -0.1) is 0 Å². The number of hydrogen-bond acceptors (Lipinski definition) is 3. The second-order valence-electron chi connectivity index (χ2n) is 8.38. The first-order valence-electron chi connectivity index (χ1n) is 11.0. The largest absolute Gasteiger partial charge is 0.494 e. The summed E-state index contributed by atoms with van der Waals surface area (Å²) in [6.07, 6.45) is 9.18. The van der Waals surface area contributed by atoms with Gasteiger partial charge in [-0.25, -0.2) is 9.78 Å². The molecule has 2 atom stereocenters. The molecule has 0 aliphatic heterocycles. The molecule has 2 unspecified atom stereocenters. The lowest BCUT2D eigenvalue weighted by molar-refractivity contribution is 0.255. The molecule has 1 aromatic carbocycles. The molecule has 1 fully saturated rings. The second kappa shape index (κ2) is 8.01. The van der Waals surface area contributed by atoms with Gasteiger partial charge in [0.15, 0.2) is 0 Å². The lowest BCUT2D eigenvalue weighted by Gasteiger charge is -2.29. The minimum Gasteiger partial charge on any atom is -0.494 e. The molecule has 0 saturated heterocycles. The predicted octanol–water partition coefficient (Wildman–Crippen LogP) is 4.90. The van der Waals surface area contributed by atoms with Crippen molar-refractivity contribution >= 4 is 22.1 Å². The summed E-state index contributed by atoms with van der Waals surface area (Å²) in [6.45, 7) is 3.47. The zero-order valence-corrected chi connectivity index (χ0v) is 17.4. The maximum Gasteiger partial charge on any atom is 0.329 e. The van der Waals surface area contributed by atoms with E-state index in [2.05, 4.69) is 21.5 Å². The standard InChI is InChI=1S/C24H28N4O2/c1-17-8-5-6-11-20(17)28-22-19-12-13-25-23(19)26-16-21(22)27(24(28)29)14-7-15-30-18-9-3-2-4-10-18/h2-4,9-10,12-13,16-17,20H,5-8,11,14-15H2,1H3,(H,25,26). The molecule has 1 aliphatic rings. The van der Waals surface area contributed by atoms with Crippen LogP contribution < -0.4 is 10.4 Å². The Bertz CT molecular complexity index is 1200. The predicted molar refractivity (Wildman–Crippen MR) is 119 cm³/mol. The Kier molecular flexibility index (Phi) is 5.07. The molecule has 0 spiro atoms. The van der Waals surface area contributed by atoms with Crippen LogP contribution in [-0.2, 0) is 6.54 Å². The van der Waals surface area contributed by atoms with Crippen LogP contribution in [0.3, 0.4) is 0 Å². The van der Waals surface area contributed by atoms with Gasteiger partial charge in [0.05, 0.1) is 23.8 Å². The van der Waals surface area contributed by atoms with Gasteiger partial charge < -0.3 is 9.72 Å². The number of fused-ring (bicyclic) bond motifs is 3. The molecule has 156 valence electrons. The molecule has 1 saturated carbocycles. The molecule has 0 bridgehead atoms. The molecular weight excluding hydrogens is 376 g/mol. The van der Waals surface area contributed by atoms with E-state index in [0.29, 0.717) is 19.1 Å². The summed E-state index contributed by atoms with van der Waals surface area (Å²) in [7, 11) is 0. The Morgan fingerprint density at radius 2 is 2.00 bits per heavy atom. The van der Waals surface area contributed by atoms with E-state index in [1.54, 1.807) is 0 Å². The number of aromatic nitrogens is 4. The normalized spacial score (nSPS) is 19.5. The van der Waals surface area contributed by atoms with Crippen molar-refractivity contribution in [2.24, 2.45) is 5.92 Å². The van der Waals surface area contributed by atoms with Crippen molar-refractivity contribution in [3.05, 3.63) is 59.3 Å². The summed E-state index contributed by atoms with van der Waals surface area (Å²) in [5.41, 5.74) is 2.86. The number of aromatic amines is 1. The number of H-pyrrole nitrogens is 1. The van der Waals surface area contributed by atoms with Gasteiger partial charge in [0, 0.05) is 24.2 Å². The SMILES string of the molecule is CC1CCCCC1n1c(=O)n(CCCOc2ccccc2)c2cnc3[nH]ccc3c21. The number of benzene rings is 1. The Morgan fingerprint density at radius 1 is 1.17 bits per heavy atom. The fraction of sp³-hybridized carbons (Fsp3) is 0.417. The maximum absolute atomic E-state index is 13.6. The smallest absolute Gasteiger partial charge is 0.329 e. The molecule has 30 heavy (non-hydrogen) atoms. The highest BCUT2D eigenvalue weighted by molar-refractivity contribution is 6.01. The van der Waals surface area contributed by atoms with E-state index in [1.165, 1.54) is 19.3 Å². The molecule has 6 nitrogen and oxygen atoms in total. The first-order valence-corrected chi connectivity index (χ1v) is 11.0. The number of nitrogens with one attached hydrogen (secondary N) is 1. The second-order valence-corrected chi connectivity index (χ2v) is 8.38. The van der Waals surface area contributed by atoms with E-state index in [0.717, 1.165) is 40.7 Å². The van der Waals surface area contributed by atoms with E-state index in [-0.39, 0.29) is 11.7 Å². The molecule has 1 aliphatic carbocycles. The van der Waals surface area contributed by atoms with E-state index in [9.17, 15) is 4.79 Å². The van der Waals surface area contributed by atoms with Gasteiger partial charge in [0.1, 0.15) is 11.4 Å². The number of nitrogens with zero attached hydrogens (tertiary/aromatic N) is 3. The highest BCUT2D eigenvalue weighted by Gasteiger charge is 2.28. The Morgan fingerprint density at radius 3 is 2.83 bits per heavy atom. The van der Waals surface area contributed by atoms with Gasteiger partial charge >= 0.3 is 5.69 Å². The minimum atomic E-state index is 0.0824. The van der Waals surface area contributed by atoms with Crippen molar-refractivity contribution < 1.29 is 4.74 Å². The third-order valence-corrected chi connectivity index (χ3v) is 6.44. The van der Waals surface area contributed by atoms with E-state index in [1.807, 2.05) is 53.4 Å². The number of pyridine rings is 1. The molecule has 0 radical (unpaired) electrons. The zero-order valence-electron chi connectivity index (χ0n) is 17.4. The number of imidazole rings is 1. The summed E-state index contributed by atoms with van der Waals surface area (Å²) in [6, 6.07) is 12.1. The van der Waals surface area contributed by atoms with Crippen molar-refractivity contribution in [2.75, 3.05) is 6.61 Å². The molecule has 1 N–H and O–H groups in total. The average Bonchev–Trinajstić information content (AvgIpc) is 3.35. The van der Waals surface area contributed by atoms with Crippen LogP contribution in [0.1, 0.15) is 45.1 Å². The highest BCUT2D eigenvalue weighted by atomic mass is 16.5. The fourth-order valence-corrected chi connectivity index (χ4v) is 4.90. The number of ether oxygens (including phenoxy) is 1. The third kappa shape index (κ3) is 3.30. The van der Waals surface area contributed by atoms with Crippen LogP contribution in [0, 0.1) is 5.92 Å². The lowest BCUT2D eigenvalue weighted by atomic mass is 9.85. The van der Waals surface area contributed by atoms with Crippen LogP contribution in [0.25, 0.3) is 22.1 Å². The minimum absolute atomic E-state index is 0.0824. The van der Waals surface area contributed by atoms with Crippen molar-refractivity contribution in [1.29, 1.82) is 0 Å². The fourth-order valence-electron chi connectivity index (χ4n) is 4.90. The van der Waals surface area contributed by atoms with Gasteiger partial charge in [0.2, 0.25) is 0 Å². The van der Waals surface area contributed by atoms with E-state index >= 15 is 0 Å². The quantitative estimate of drug-likeness (QED) is 0.465. The Balaban J connectivity index is 1.50. The van der Waals surface area contributed by atoms with Crippen LogP contribution in [0.4, 0.5) is 0 Å². The van der Waals surface area contributed by atoms with E-state index < -0.39 is 0 Å². The molecule has 4 aromatic rings. The average molecular weight is 405 g/mol. The van der Waals surface area contributed by atoms with Crippen LogP contribution in [0.15, 0.2) is 53.6 Å². The van der Waals surface area contributed by atoms with Crippen molar-refractivity contribution in [3.63, 3.8) is 0 Å². The lowest BCUT2D eigenvalue weighted by Crippen LogP contribution is -2.32. The van der Waals surface area contributed by atoms with Gasteiger partial charge in [-0.1, -0.05) is 38.0 Å². The van der Waals surface area contributed by atoms with Gasteiger partial charge in [0.25, 0.3) is 0 Å². The van der Waals surface area contributed by atoms with Crippen LogP contribution in [-0.4, -0.2) is 25.7 Å². The summed E-state index contributed by atoms with van der Waals surface area (Å²) in [5.74, 6) is 1.36. The molecule has 0 amide bonds. The van der Waals surface area contributed by atoms with Crippen molar-refractivity contribution in [2.45, 2.75) is 51.6 Å². The van der Waals surface area contributed by atoms with Gasteiger partial charge in [-0.2, -0.15) is 0 Å². The topological polar surface area (TPSA) is 64.8 Å². The van der Waals surface area contributed by atoms with Crippen molar-refractivity contribution in [3.8, 4) is 5.75 Å². The maximum atomic E-state index is 13.6. The number of para-hydroxylation sites is 1. The molecular formula is C24H28N4O2. The van der Waals surface area contributed by atoms with Gasteiger partial charge in [-0.3, -0.25) is 9.13 Å². The van der Waals surface area contributed by atoms with Crippen LogP contribution >= 0.6 is 0 Å². The monoisotopic (exact) mass is 404 g/mol. The molecule has 3 aromatic heterocycles. The van der Waals surface area contributed by atoms with Crippen LogP contribution in [0.5, 0.6) is 5.75 Å². The van der Waals surface area contributed by atoms with Crippen LogP contribution in [0.2, 0.25) is 0 Å². The first kappa shape index (κ1) is 19.0. The Labute approximate surface area is 175 Å². The summed E-state index contributed by atoms with van der Waals surface area (Å²) in [5, 5.41) is 1.03. The number of hydrogen-bond donors (Lipinski definition) is 1. The Hall–Kier alpha value is -3.02.